The van der Waals surface area contributed by atoms with E-state index in [9.17, 15) is 4.79 Å². The zero-order chi connectivity index (χ0) is 19.3. The molecule has 144 valence electrons. The molecule has 3 aromatic rings. The predicted molar refractivity (Wildman–Crippen MR) is 104 cm³/mol. The highest BCUT2D eigenvalue weighted by Gasteiger charge is 2.34. The quantitative estimate of drug-likeness (QED) is 0.692. The van der Waals surface area contributed by atoms with Crippen LogP contribution in [0.1, 0.15) is 22.0 Å². The van der Waals surface area contributed by atoms with E-state index in [1.54, 1.807) is 18.3 Å². The lowest BCUT2D eigenvalue weighted by Crippen LogP contribution is -2.52. The Morgan fingerprint density at radius 3 is 2.93 bits per heavy atom. The second-order valence-electron chi connectivity index (χ2n) is 7.14. The first-order valence-corrected chi connectivity index (χ1v) is 9.24. The van der Waals surface area contributed by atoms with Crippen molar-refractivity contribution in [2.45, 2.75) is 12.1 Å². The second-order valence-corrected chi connectivity index (χ2v) is 7.14. The lowest BCUT2D eigenvalue weighted by atomic mass is 10.0. The first-order valence-electron chi connectivity index (χ1n) is 9.24. The first-order chi connectivity index (χ1) is 13.7. The number of fused-ring (bicyclic) bond motifs is 2. The summed E-state index contributed by atoms with van der Waals surface area (Å²) in [5.74, 6) is 1.36. The number of likely N-dealkylation sites (N-methyl/N-ethyl adjacent to an activating group) is 1. The molecule has 2 aliphatic rings. The normalized spacial score (nSPS) is 19.2. The van der Waals surface area contributed by atoms with E-state index < -0.39 is 0 Å². The van der Waals surface area contributed by atoms with Crippen LogP contribution in [0.5, 0.6) is 0 Å². The number of hydrogen-bond donors (Lipinski definition) is 2. The Balaban J connectivity index is 1.41. The topological polar surface area (TPSA) is 99.3 Å². The van der Waals surface area contributed by atoms with E-state index in [4.69, 9.17) is 9.72 Å². The van der Waals surface area contributed by atoms with E-state index in [1.165, 1.54) is 0 Å². The number of aromatic amines is 1. The molecule has 1 atom stereocenters. The monoisotopic (exact) mass is 379 g/mol. The van der Waals surface area contributed by atoms with Gasteiger partial charge in [-0.2, -0.15) is 9.97 Å². The molecule has 2 N–H and O–H groups in total. The molecule has 1 aromatic carbocycles. The lowest BCUT2D eigenvalue weighted by Gasteiger charge is -2.38. The average Bonchev–Trinajstić information content (AvgIpc) is 3.24. The van der Waals surface area contributed by atoms with Gasteiger partial charge < -0.3 is 24.8 Å². The van der Waals surface area contributed by atoms with E-state index in [0.29, 0.717) is 24.0 Å². The fourth-order valence-electron chi connectivity index (χ4n) is 3.80. The molecule has 1 fully saturated rings. The van der Waals surface area contributed by atoms with Crippen LogP contribution in [-0.4, -0.2) is 70.6 Å². The number of H-pyrrole nitrogens is 1. The van der Waals surface area contributed by atoms with Crippen molar-refractivity contribution in [3.05, 3.63) is 41.7 Å². The summed E-state index contributed by atoms with van der Waals surface area (Å²) in [6, 6.07) is 7.68. The highest BCUT2D eigenvalue weighted by atomic mass is 16.5. The minimum absolute atomic E-state index is 0.0450. The molecule has 0 radical (unpaired) electrons. The largest absolute Gasteiger partial charge is 0.378 e. The third-order valence-electron chi connectivity index (χ3n) is 5.54. The van der Waals surface area contributed by atoms with E-state index in [-0.39, 0.29) is 18.1 Å². The Kier molecular flexibility index (Phi) is 3.90. The Bertz CT molecular complexity index is 1040. The van der Waals surface area contributed by atoms with Crippen molar-refractivity contribution in [2.75, 3.05) is 44.0 Å². The molecule has 28 heavy (non-hydrogen) atoms. The second kappa shape index (κ2) is 6.45. The molecular formula is C19H21N7O2. The molecule has 2 aromatic heterocycles. The van der Waals surface area contributed by atoms with Crippen molar-refractivity contribution in [1.29, 1.82) is 0 Å². The van der Waals surface area contributed by atoms with Gasteiger partial charge in [-0.05, 0) is 11.6 Å². The van der Waals surface area contributed by atoms with Crippen LogP contribution in [0, 0.1) is 0 Å². The molecule has 5 rings (SSSR count). The van der Waals surface area contributed by atoms with Crippen LogP contribution in [0.4, 0.5) is 11.8 Å². The highest BCUT2D eigenvalue weighted by molar-refractivity contribution is 5.99. The van der Waals surface area contributed by atoms with E-state index >= 15 is 0 Å². The number of nitrogens with one attached hydrogen (secondary N) is 2. The van der Waals surface area contributed by atoms with Crippen LogP contribution in [0.2, 0.25) is 0 Å². The molecule has 0 aliphatic carbocycles. The lowest BCUT2D eigenvalue weighted by molar-refractivity contribution is 0.0778. The smallest absolute Gasteiger partial charge is 0.254 e. The molecule has 1 amide bonds. The van der Waals surface area contributed by atoms with E-state index in [0.717, 1.165) is 29.7 Å². The van der Waals surface area contributed by atoms with Gasteiger partial charge in [0.15, 0.2) is 11.5 Å². The standard InChI is InChI=1S/C19H21N7O2/c1-25-14(12-5-3-4-6-13(12)18(25)27)7-20-16-15-17(22-10-21-15)24-19(23-16)26-8-11(9-26)28-2/h3-6,10-11,14H,7-9H2,1-2H3,(H2,20,21,22,23,24). The third kappa shape index (κ3) is 2.58. The van der Waals surface area contributed by atoms with Gasteiger partial charge in [0.05, 0.1) is 18.5 Å². The number of ether oxygens (including phenoxy) is 1. The van der Waals surface area contributed by atoms with E-state index in [2.05, 4.69) is 25.2 Å². The molecule has 4 heterocycles. The maximum atomic E-state index is 12.5. The minimum Gasteiger partial charge on any atom is -0.378 e. The van der Waals surface area contributed by atoms with Crippen molar-refractivity contribution in [3.63, 3.8) is 0 Å². The zero-order valence-corrected chi connectivity index (χ0v) is 15.7. The Morgan fingerprint density at radius 2 is 2.11 bits per heavy atom. The van der Waals surface area contributed by atoms with Gasteiger partial charge in [0.1, 0.15) is 5.52 Å². The van der Waals surface area contributed by atoms with Crippen LogP contribution in [-0.2, 0) is 4.74 Å². The van der Waals surface area contributed by atoms with Crippen molar-refractivity contribution in [1.82, 2.24) is 24.8 Å². The SMILES string of the molecule is COC1CN(c2nc(NCC3c4ccccc4C(=O)N3C)c3[nH]cnc3n2)C1. The summed E-state index contributed by atoms with van der Waals surface area (Å²) in [4.78, 5) is 32.9. The maximum absolute atomic E-state index is 12.5. The van der Waals surface area contributed by atoms with Crippen LogP contribution >= 0.6 is 0 Å². The number of methoxy groups -OCH3 is 1. The summed E-state index contributed by atoms with van der Waals surface area (Å²) in [5, 5.41) is 3.40. The minimum atomic E-state index is -0.0537. The number of hydrogen-bond acceptors (Lipinski definition) is 7. The summed E-state index contributed by atoms with van der Waals surface area (Å²) in [6.07, 6.45) is 1.83. The molecule has 9 heteroatoms. The number of nitrogens with zero attached hydrogens (tertiary/aromatic N) is 5. The molecule has 9 nitrogen and oxygen atoms in total. The number of anilines is 2. The van der Waals surface area contributed by atoms with Crippen molar-refractivity contribution in [3.8, 4) is 0 Å². The van der Waals surface area contributed by atoms with Gasteiger partial charge in [-0.3, -0.25) is 4.79 Å². The number of carbonyl (C=O) groups excluding carboxylic acids is 1. The van der Waals surface area contributed by atoms with Gasteiger partial charge in [0.2, 0.25) is 5.95 Å². The Hall–Kier alpha value is -3.20. The number of rotatable bonds is 5. The van der Waals surface area contributed by atoms with Crippen LogP contribution < -0.4 is 10.2 Å². The van der Waals surface area contributed by atoms with Gasteiger partial charge in [0, 0.05) is 39.4 Å². The van der Waals surface area contributed by atoms with Crippen molar-refractivity contribution in [2.24, 2.45) is 0 Å². The number of amides is 1. The first kappa shape index (κ1) is 16.9. The van der Waals surface area contributed by atoms with Gasteiger partial charge in [0.25, 0.3) is 5.91 Å². The summed E-state index contributed by atoms with van der Waals surface area (Å²) in [6.45, 7) is 2.07. The number of carbonyl (C=O) groups is 1. The molecule has 0 spiro atoms. The van der Waals surface area contributed by atoms with Gasteiger partial charge in [-0.25, -0.2) is 4.98 Å². The summed E-state index contributed by atoms with van der Waals surface area (Å²) >= 11 is 0. The number of aromatic nitrogens is 4. The molecule has 0 saturated carbocycles. The maximum Gasteiger partial charge on any atom is 0.254 e. The zero-order valence-electron chi connectivity index (χ0n) is 15.7. The Labute approximate surface area is 161 Å². The molecule has 2 aliphatic heterocycles. The van der Waals surface area contributed by atoms with Crippen molar-refractivity contribution < 1.29 is 9.53 Å². The number of imidazole rings is 1. The van der Waals surface area contributed by atoms with Crippen LogP contribution in [0.25, 0.3) is 11.2 Å². The summed E-state index contributed by atoms with van der Waals surface area (Å²) in [7, 11) is 3.54. The van der Waals surface area contributed by atoms with Gasteiger partial charge in [-0.1, -0.05) is 18.2 Å². The summed E-state index contributed by atoms with van der Waals surface area (Å²) < 4.78 is 5.34. The van der Waals surface area contributed by atoms with Crippen molar-refractivity contribution >= 4 is 28.8 Å². The summed E-state index contributed by atoms with van der Waals surface area (Å²) in [5.41, 5.74) is 3.17. The molecular weight excluding hydrogens is 358 g/mol. The third-order valence-corrected chi connectivity index (χ3v) is 5.54. The fraction of sp³-hybridized carbons (Fsp3) is 0.368. The Morgan fingerprint density at radius 1 is 1.29 bits per heavy atom. The average molecular weight is 379 g/mol. The number of benzene rings is 1. The van der Waals surface area contributed by atoms with E-state index in [1.807, 2.05) is 31.3 Å². The van der Waals surface area contributed by atoms with Gasteiger partial charge >= 0.3 is 0 Å². The molecule has 1 saturated heterocycles. The fourth-order valence-corrected chi connectivity index (χ4v) is 3.80. The van der Waals surface area contributed by atoms with Crippen LogP contribution in [0.3, 0.4) is 0 Å². The van der Waals surface area contributed by atoms with Gasteiger partial charge in [-0.15, -0.1) is 0 Å². The molecule has 1 unspecified atom stereocenters. The van der Waals surface area contributed by atoms with Crippen LogP contribution in [0.15, 0.2) is 30.6 Å². The highest BCUT2D eigenvalue weighted by Crippen LogP contribution is 2.33. The predicted octanol–water partition coefficient (Wildman–Crippen LogP) is 1.43. The molecule has 0 bridgehead atoms.